The third-order valence-corrected chi connectivity index (χ3v) is 4.67. The van der Waals surface area contributed by atoms with Crippen LogP contribution in [-0.4, -0.2) is 37.6 Å². The van der Waals surface area contributed by atoms with E-state index in [-0.39, 0.29) is 0 Å². The fourth-order valence-electron chi connectivity index (χ4n) is 3.12. The number of rotatable bonds is 4. The minimum Gasteiger partial charge on any atom is -0.316 e. The van der Waals surface area contributed by atoms with E-state index in [9.17, 15) is 0 Å². The maximum atomic E-state index is 3.46. The number of hydrogen-bond acceptors (Lipinski definition) is 2. The zero-order valence-electron chi connectivity index (χ0n) is 11.0. The molecule has 0 amide bonds. The average molecular weight is 224 g/mol. The number of nitrogens with zero attached hydrogens (tertiary/aromatic N) is 1. The van der Waals surface area contributed by atoms with Crippen LogP contribution >= 0.6 is 0 Å². The maximum Gasteiger partial charge on any atom is 0.000957 e. The summed E-state index contributed by atoms with van der Waals surface area (Å²) < 4.78 is 0. The molecule has 0 aromatic carbocycles. The molecule has 2 rings (SSSR count). The molecule has 94 valence electrons. The van der Waals surface area contributed by atoms with E-state index >= 15 is 0 Å². The molecule has 0 spiro atoms. The highest BCUT2D eigenvalue weighted by molar-refractivity contribution is 4.76. The Morgan fingerprint density at radius 3 is 2.75 bits per heavy atom. The number of hydrogen-bond donors (Lipinski definition) is 1. The average Bonchev–Trinajstić information content (AvgIpc) is 2.76. The Labute approximate surface area is 101 Å². The van der Waals surface area contributed by atoms with Gasteiger partial charge in [-0.15, -0.1) is 0 Å². The van der Waals surface area contributed by atoms with E-state index in [4.69, 9.17) is 0 Å². The molecule has 2 aliphatic heterocycles. The third-order valence-electron chi connectivity index (χ3n) is 4.67. The minimum atomic E-state index is 0.905. The lowest BCUT2D eigenvalue weighted by Gasteiger charge is -2.35. The van der Waals surface area contributed by atoms with Crippen molar-refractivity contribution in [2.75, 3.05) is 32.7 Å². The molecule has 2 heterocycles. The van der Waals surface area contributed by atoms with Gasteiger partial charge in [0, 0.05) is 6.54 Å². The summed E-state index contributed by atoms with van der Waals surface area (Å²) in [4.78, 5) is 2.69. The fourth-order valence-corrected chi connectivity index (χ4v) is 3.12. The zero-order chi connectivity index (χ0) is 11.4. The predicted octanol–water partition coefficient (Wildman–Crippen LogP) is 2.35. The summed E-state index contributed by atoms with van der Waals surface area (Å²) >= 11 is 0. The van der Waals surface area contributed by atoms with E-state index in [0.29, 0.717) is 0 Å². The summed E-state index contributed by atoms with van der Waals surface area (Å²) in [7, 11) is 0. The van der Waals surface area contributed by atoms with Crippen molar-refractivity contribution in [3.05, 3.63) is 0 Å². The normalized spacial score (nSPS) is 36.8. The maximum absolute atomic E-state index is 3.46. The standard InChI is InChI=1S/C14H28N2/c1-12-6-9-16(11-13(12)2)8-3-4-14-5-7-15-10-14/h12-15H,3-11H2,1-2H3. The fraction of sp³-hybridized carbons (Fsp3) is 1.00. The van der Waals surface area contributed by atoms with Crippen LogP contribution in [0.1, 0.15) is 39.5 Å². The van der Waals surface area contributed by atoms with Crippen LogP contribution in [0, 0.1) is 17.8 Å². The molecule has 0 radical (unpaired) electrons. The highest BCUT2D eigenvalue weighted by atomic mass is 15.1. The summed E-state index contributed by atoms with van der Waals surface area (Å²) in [5, 5.41) is 3.46. The summed E-state index contributed by atoms with van der Waals surface area (Å²) in [5.74, 6) is 2.82. The van der Waals surface area contributed by atoms with E-state index < -0.39 is 0 Å². The second kappa shape index (κ2) is 6.02. The molecule has 2 aliphatic rings. The molecular weight excluding hydrogens is 196 g/mol. The van der Waals surface area contributed by atoms with Gasteiger partial charge in [-0.05, 0) is 69.6 Å². The lowest BCUT2D eigenvalue weighted by atomic mass is 9.88. The molecule has 2 saturated heterocycles. The molecule has 0 aromatic rings. The van der Waals surface area contributed by atoms with Gasteiger partial charge < -0.3 is 10.2 Å². The third kappa shape index (κ3) is 3.46. The van der Waals surface area contributed by atoms with Crippen molar-refractivity contribution in [1.82, 2.24) is 10.2 Å². The van der Waals surface area contributed by atoms with Gasteiger partial charge in [0.05, 0.1) is 0 Å². The summed E-state index contributed by atoms with van der Waals surface area (Å²) in [5.41, 5.74) is 0. The molecule has 0 aliphatic carbocycles. The lowest BCUT2D eigenvalue weighted by Crippen LogP contribution is -2.38. The number of likely N-dealkylation sites (tertiary alicyclic amines) is 1. The molecule has 0 aromatic heterocycles. The smallest absolute Gasteiger partial charge is 0.000957 e. The molecule has 2 heteroatoms. The number of nitrogens with one attached hydrogen (secondary N) is 1. The first-order valence-electron chi connectivity index (χ1n) is 7.19. The van der Waals surface area contributed by atoms with Crippen LogP contribution < -0.4 is 5.32 Å². The van der Waals surface area contributed by atoms with Gasteiger partial charge in [0.2, 0.25) is 0 Å². The van der Waals surface area contributed by atoms with Crippen LogP contribution in [0.15, 0.2) is 0 Å². The van der Waals surface area contributed by atoms with E-state index in [1.807, 2.05) is 0 Å². The Kier molecular flexibility index (Phi) is 4.66. The summed E-state index contributed by atoms with van der Waals surface area (Å²) in [6, 6.07) is 0. The van der Waals surface area contributed by atoms with Gasteiger partial charge in [0.25, 0.3) is 0 Å². The minimum absolute atomic E-state index is 0.905. The first kappa shape index (κ1) is 12.4. The van der Waals surface area contributed by atoms with Crippen molar-refractivity contribution in [1.29, 1.82) is 0 Å². The second-order valence-corrected chi connectivity index (χ2v) is 6.04. The molecule has 1 N–H and O–H groups in total. The van der Waals surface area contributed by atoms with Crippen LogP contribution in [0.2, 0.25) is 0 Å². The first-order chi connectivity index (χ1) is 7.75. The molecule has 2 nitrogen and oxygen atoms in total. The van der Waals surface area contributed by atoms with Gasteiger partial charge in [-0.25, -0.2) is 0 Å². The molecule has 16 heavy (non-hydrogen) atoms. The van der Waals surface area contributed by atoms with Gasteiger partial charge in [-0.3, -0.25) is 0 Å². The van der Waals surface area contributed by atoms with Crippen molar-refractivity contribution in [2.24, 2.45) is 17.8 Å². The van der Waals surface area contributed by atoms with Crippen molar-refractivity contribution < 1.29 is 0 Å². The highest BCUT2D eigenvalue weighted by Crippen LogP contribution is 2.23. The van der Waals surface area contributed by atoms with Crippen molar-refractivity contribution in [2.45, 2.75) is 39.5 Å². The van der Waals surface area contributed by atoms with Crippen LogP contribution in [0.25, 0.3) is 0 Å². The van der Waals surface area contributed by atoms with Crippen molar-refractivity contribution >= 4 is 0 Å². The monoisotopic (exact) mass is 224 g/mol. The Morgan fingerprint density at radius 1 is 1.19 bits per heavy atom. The van der Waals surface area contributed by atoms with Crippen molar-refractivity contribution in [3.8, 4) is 0 Å². The van der Waals surface area contributed by atoms with Crippen LogP contribution in [0.3, 0.4) is 0 Å². The van der Waals surface area contributed by atoms with Crippen LogP contribution in [-0.2, 0) is 0 Å². The SMILES string of the molecule is CC1CCN(CCCC2CCNC2)CC1C. The Balaban J connectivity index is 1.59. The van der Waals surface area contributed by atoms with Crippen LogP contribution in [0.4, 0.5) is 0 Å². The first-order valence-corrected chi connectivity index (χ1v) is 7.19. The second-order valence-electron chi connectivity index (χ2n) is 6.04. The van der Waals surface area contributed by atoms with Gasteiger partial charge in [-0.2, -0.15) is 0 Å². The zero-order valence-corrected chi connectivity index (χ0v) is 11.0. The highest BCUT2D eigenvalue weighted by Gasteiger charge is 2.22. The van der Waals surface area contributed by atoms with E-state index in [0.717, 1.165) is 17.8 Å². The van der Waals surface area contributed by atoms with Gasteiger partial charge >= 0.3 is 0 Å². The quantitative estimate of drug-likeness (QED) is 0.788. The molecule has 3 atom stereocenters. The predicted molar refractivity (Wildman–Crippen MR) is 69.6 cm³/mol. The summed E-state index contributed by atoms with van der Waals surface area (Å²) in [6.45, 7) is 11.4. The molecule has 3 unspecified atom stereocenters. The topological polar surface area (TPSA) is 15.3 Å². The Bertz CT molecular complexity index is 199. The van der Waals surface area contributed by atoms with Crippen molar-refractivity contribution in [3.63, 3.8) is 0 Å². The molecule has 2 fully saturated rings. The molecule has 0 saturated carbocycles. The van der Waals surface area contributed by atoms with E-state index in [1.165, 1.54) is 58.4 Å². The van der Waals surface area contributed by atoms with E-state index in [1.54, 1.807) is 0 Å². The van der Waals surface area contributed by atoms with Gasteiger partial charge in [0.15, 0.2) is 0 Å². The van der Waals surface area contributed by atoms with Crippen LogP contribution in [0.5, 0.6) is 0 Å². The molecular formula is C14H28N2. The summed E-state index contributed by atoms with van der Waals surface area (Å²) in [6.07, 6.45) is 5.67. The Hall–Kier alpha value is -0.0800. The largest absolute Gasteiger partial charge is 0.316 e. The van der Waals surface area contributed by atoms with E-state index in [2.05, 4.69) is 24.1 Å². The lowest BCUT2D eigenvalue weighted by molar-refractivity contribution is 0.135. The van der Waals surface area contributed by atoms with Gasteiger partial charge in [-0.1, -0.05) is 13.8 Å². The Morgan fingerprint density at radius 2 is 2.06 bits per heavy atom. The number of piperidine rings is 1. The van der Waals surface area contributed by atoms with Gasteiger partial charge in [0.1, 0.15) is 0 Å². The molecule has 0 bridgehead atoms.